The van der Waals surface area contributed by atoms with Crippen LogP contribution in [0.5, 0.6) is 5.75 Å². The molecule has 0 aromatic heterocycles. The van der Waals surface area contributed by atoms with Crippen molar-refractivity contribution in [3.05, 3.63) is 29.8 Å². The first kappa shape index (κ1) is 19.7. The van der Waals surface area contributed by atoms with E-state index in [1.807, 2.05) is 0 Å². The zero-order valence-electron chi connectivity index (χ0n) is 15.8. The van der Waals surface area contributed by atoms with E-state index >= 15 is 0 Å². The molecule has 1 saturated heterocycles. The third kappa shape index (κ3) is 4.24. The summed E-state index contributed by atoms with van der Waals surface area (Å²) in [6.45, 7) is 1.15. The summed E-state index contributed by atoms with van der Waals surface area (Å²) in [4.78, 5) is 49.5. The Bertz CT molecular complexity index is 789. The second-order valence-electron chi connectivity index (χ2n) is 7.08. The van der Waals surface area contributed by atoms with Crippen molar-refractivity contribution in [3.8, 4) is 5.75 Å². The minimum atomic E-state index is -1.28. The van der Waals surface area contributed by atoms with E-state index in [2.05, 4.69) is 10.6 Å². The maximum Gasteiger partial charge on any atom is 0.325 e. The molecule has 1 aliphatic heterocycles. The smallest absolute Gasteiger partial charge is 0.325 e. The standard InChI is InChI=1S/C19H23N3O6/c1-19(13-5-7-14(27-2)8-6-13)17(25)22(18(26)21-19)10-15(23)20-9-16(24)28-11-12-3-4-12/h5-8,12H,3-4,9-11H2,1-2H3,(H,20,23)(H,21,26)/t19-/m0/s1. The zero-order chi connectivity index (χ0) is 20.3. The van der Waals surface area contributed by atoms with E-state index in [4.69, 9.17) is 9.47 Å². The van der Waals surface area contributed by atoms with Gasteiger partial charge in [0.05, 0.1) is 13.7 Å². The summed E-state index contributed by atoms with van der Waals surface area (Å²) in [5.74, 6) is -0.657. The normalized spacial score (nSPS) is 21.3. The van der Waals surface area contributed by atoms with Crippen LogP contribution in [0.25, 0.3) is 0 Å². The Labute approximate surface area is 162 Å². The van der Waals surface area contributed by atoms with Crippen molar-refractivity contribution in [1.82, 2.24) is 15.5 Å². The highest BCUT2D eigenvalue weighted by Crippen LogP contribution is 2.30. The Hall–Kier alpha value is -3.10. The van der Waals surface area contributed by atoms with E-state index in [1.54, 1.807) is 31.2 Å². The molecule has 4 amide bonds. The zero-order valence-corrected chi connectivity index (χ0v) is 15.8. The quantitative estimate of drug-likeness (QED) is 0.495. The van der Waals surface area contributed by atoms with Gasteiger partial charge in [-0.05, 0) is 43.4 Å². The minimum Gasteiger partial charge on any atom is -0.497 e. The molecule has 1 aromatic carbocycles. The Morgan fingerprint density at radius 2 is 1.93 bits per heavy atom. The van der Waals surface area contributed by atoms with Crippen molar-refractivity contribution in [1.29, 1.82) is 0 Å². The third-order valence-electron chi connectivity index (χ3n) is 4.85. The second-order valence-corrected chi connectivity index (χ2v) is 7.08. The van der Waals surface area contributed by atoms with Crippen LogP contribution in [0.1, 0.15) is 25.3 Å². The van der Waals surface area contributed by atoms with Gasteiger partial charge in [0.2, 0.25) is 5.91 Å². The average molecular weight is 389 g/mol. The number of imide groups is 1. The van der Waals surface area contributed by atoms with Gasteiger partial charge in [-0.1, -0.05) is 12.1 Å². The molecule has 0 radical (unpaired) electrons. The first-order valence-electron chi connectivity index (χ1n) is 9.04. The molecule has 2 fully saturated rings. The van der Waals surface area contributed by atoms with Gasteiger partial charge in [0.1, 0.15) is 24.4 Å². The van der Waals surface area contributed by atoms with E-state index < -0.39 is 35.9 Å². The van der Waals surface area contributed by atoms with Gasteiger partial charge in [0.15, 0.2) is 0 Å². The number of benzene rings is 1. The van der Waals surface area contributed by atoms with Gasteiger partial charge in [-0.2, -0.15) is 0 Å². The number of hydrogen-bond donors (Lipinski definition) is 2. The summed E-state index contributed by atoms with van der Waals surface area (Å²) in [5, 5.41) is 4.99. The molecule has 0 spiro atoms. The molecule has 1 atom stereocenters. The van der Waals surface area contributed by atoms with Crippen LogP contribution in [0, 0.1) is 5.92 Å². The largest absolute Gasteiger partial charge is 0.497 e. The number of carbonyl (C=O) groups excluding carboxylic acids is 4. The highest BCUT2D eigenvalue weighted by Gasteiger charge is 2.49. The van der Waals surface area contributed by atoms with Crippen LogP contribution < -0.4 is 15.4 Å². The molecule has 150 valence electrons. The van der Waals surface area contributed by atoms with E-state index in [0.29, 0.717) is 23.8 Å². The number of ether oxygens (including phenoxy) is 2. The van der Waals surface area contributed by atoms with Crippen LogP contribution in [-0.2, 0) is 24.7 Å². The molecule has 1 aromatic rings. The van der Waals surface area contributed by atoms with Crippen LogP contribution in [-0.4, -0.2) is 55.5 Å². The monoisotopic (exact) mass is 389 g/mol. The molecule has 9 nitrogen and oxygen atoms in total. The molecule has 9 heteroatoms. The summed E-state index contributed by atoms with van der Waals surface area (Å²) < 4.78 is 10.1. The molecule has 1 heterocycles. The van der Waals surface area contributed by atoms with Gasteiger partial charge < -0.3 is 20.1 Å². The lowest BCUT2D eigenvalue weighted by Gasteiger charge is -2.22. The van der Waals surface area contributed by atoms with Crippen LogP contribution in [0.4, 0.5) is 4.79 Å². The van der Waals surface area contributed by atoms with E-state index in [1.165, 1.54) is 7.11 Å². The highest BCUT2D eigenvalue weighted by atomic mass is 16.5. The molecule has 3 rings (SSSR count). The number of hydrogen-bond acceptors (Lipinski definition) is 6. The maximum atomic E-state index is 12.8. The molecule has 0 bridgehead atoms. The van der Waals surface area contributed by atoms with Gasteiger partial charge >= 0.3 is 12.0 Å². The summed E-state index contributed by atoms with van der Waals surface area (Å²) in [7, 11) is 1.53. The first-order chi connectivity index (χ1) is 13.3. The average Bonchev–Trinajstić information content (AvgIpc) is 3.49. The van der Waals surface area contributed by atoms with Gasteiger partial charge in [-0.3, -0.25) is 19.3 Å². The lowest BCUT2D eigenvalue weighted by Crippen LogP contribution is -2.44. The highest BCUT2D eigenvalue weighted by molar-refractivity contribution is 6.09. The maximum absolute atomic E-state index is 12.8. The Morgan fingerprint density at radius 3 is 2.54 bits per heavy atom. The predicted octanol–water partition coefficient (Wildman–Crippen LogP) is 0.532. The van der Waals surface area contributed by atoms with Crippen molar-refractivity contribution in [3.63, 3.8) is 0 Å². The fraction of sp³-hybridized carbons (Fsp3) is 0.474. The second kappa shape index (κ2) is 7.87. The Kier molecular flexibility index (Phi) is 5.53. The fourth-order valence-electron chi connectivity index (χ4n) is 2.88. The van der Waals surface area contributed by atoms with E-state index in [-0.39, 0.29) is 6.54 Å². The number of carbonyl (C=O) groups is 4. The lowest BCUT2D eigenvalue weighted by atomic mass is 9.92. The van der Waals surface area contributed by atoms with Crippen molar-refractivity contribution in [2.45, 2.75) is 25.3 Å². The number of methoxy groups -OCH3 is 1. The number of nitrogens with zero attached hydrogens (tertiary/aromatic N) is 1. The molecule has 1 aliphatic carbocycles. The van der Waals surface area contributed by atoms with Crippen LogP contribution in [0.2, 0.25) is 0 Å². The number of nitrogens with one attached hydrogen (secondary N) is 2. The van der Waals surface area contributed by atoms with Crippen LogP contribution >= 0.6 is 0 Å². The number of amides is 4. The third-order valence-corrected chi connectivity index (χ3v) is 4.85. The van der Waals surface area contributed by atoms with Gasteiger partial charge in [-0.25, -0.2) is 4.79 Å². The summed E-state index contributed by atoms with van der Waals surface area (Å²) in [6.07, 6.45) is 2.11. The Balaban J connectivity index is 1.56. The number of rotatable bonds is 8. The first-order valence-corrected chi connectivity index (χ1v) is 9.04. The van der Waals surface area contributed by atoms with Gasteiger partial charge in [0.25, 0.3) is 5.91 Å². The molecule has 1 saturated carbocycles. The lowest BCUT2D eigenvalue weighted by molar-refractivity contribution is -0.144. The number of urea groups is 1. The topological polar surface area (TPSA) is 114 Å². The summed E-state index contributed by atoms with van der Waals surface area (Å²) in [5.41, 5.74) is -0.717. The molecule has 2 N–H and O–H groups in total. The van der Waals surface area contributed by atoms with Crippen LogP contribution in [0.15, 0.2) is 24.3 Å². The van der Waals surface area contributed by atoms with Crippen molar-refractivity contribution in [2.24, 2.45) is 5.92 Å². The van der Waals surface area contributed by atoms with Crippen molar-refractivity contribution in [2.75, 3.05) is 26.8 Å². The minimum absolute atomic E-state index is 0.301. The van der Waals surface area contributed by atoms with E-state index in [9.17, 15) is 19.2 Å². The van der Waals surface area contributed by atoms with Crippen molar-refractivity contribution < 1.29 is 28.7 Å². The van der Waals surface area contributed by atoms with Crippen molar-refractivity contribution >= 4 is 23.8 Å². The SMILES string of the molecule is COc1ccc([C@]2(C)NC(=O)N(CC(=O)NCC(=O)OCC3CC3)C2=O)cc1. The molecular weight excluding hydrogens is 366 g/mol. The molecule has 0 unspecified atom stereocenters. The molecular formula is C19H23N3O6. The fourth-order valence-corrected chi connectivity index (χ4v) is 2.88. The molecule has 28 heavy (non-hydrogen) atoms. The molecule has 2 aliphatic rings. The Morgan fingerprint density at radius 1 is 1.25 bits per heavy atom. The van der Waals surface area contributed by atoms with Gasteiger partial charge in [-0.15, -0.1) is 0 Å². The number of esters is 1. The van der Waals surface area contributed by atoms with E-state index in [0.717, 1.165) is 17.7 Å². The summed E-state index contributed by atoms with van der Waals surface area (Å²) in [6, 6.07) is 6.05. The predicted molar refractivity (Wildman–Crippen MR) is 97.3 cm³/mol. The van der Waals surface area contributed by atoms with Gasteiger partial charge in [0, 0.05) is 0 Å². The van der Waals surface area contributed by atoms with Crippen LogP contribution in [0.3, 0.4) is 0 Å². The summed E-state index contributed by atoms with van der Waals surface area (Å²) >= 11 is 0.